The van der Waals surface area contributed by atoms with E-state index >= 15 is 0 Å². The van der Waals surface area contributed by atoms with Crippen molar-refractivity contribution in [3.8, 4) is 6.01 Å². The van der Waals surface area contributed by atoms with E-state index in [4.69, 9.17) is 37.0 Å². The first kappa shape index (κ1) is 33.2. The van der Waals surface area contributed by atoms with Gasteiger partial charge in [0, 0.05) is 58.7 Å². The second kappa shape index (κ2) is 13.2. The van der Waals surface area contributed by atoms with Gasteiger partial charge >= 0.3 is 6.01 Å². The molecule has 0 unspecified atom stereocenters. The topological polar surface area (TPSA) is 103 Å². The van der Waals surface area contributed by atoms with Gasteiger partial charge in [0.15, 0.2) is 0 Å². The summed E-state index contributed by atoms with van der Waals surface area (Å²) >= 11 is 6.76. The predicted octanol–water partition coefficient (Wildman–Crippen LogP) is 4.19. The summed E-state index contributed by atoms with van der Waals surface area (Å²) in [5.41, 5.74) is 11.1. The van der Waals surface area contributed by atoms with Crippen LogP contribution in [-0.4, -0.2) is 108 Å². The maximum absolute atomic E-state index is 14.8. The molecule has 1 spiro atoms. The highest BCUT2D eigenvalue weighted by Crippen LogP contribution is 2.47. The van der Waals surface area contributed by atoms with E-state index in [0.29, 0.717) is 57.3 Å². The number of fused-ring (bicyclic) bond motifs is 4. The minimum Gasteiger partial charge on any atom is -0.461 e. The van der Waals surface area contributed by atoms with Gasteiger partial charge in [0.05, 0.1) is 34.1 Å². The van der Waals surface area contributed by atoms with Gasteiger partial charge in [-0.05, 0) is 69.7 Å². The molecule has 1 amide bonds. The molecule has 7 rings (SSSR count). The van der Waals surface area contributed by atoms with Crippen LogP contribution in [0, 0.1) is 0 Å². The van der Waals surface area contributed by atoms with Crippen LogP contribution >= 0.6 is 11.6 Å². The Bertz CT molecular complexity index is 1630. The second-order valence-corrected chi connectivity index (χ2v) is 14.9. The van der Waals surface area contributed by atoms with E-state index in [1.54, 1.807) is 14.1 Å². The zero-order valence-electron chi connectivity index (χ0n) is 28.5. The number of benzene rings is 1. The number of nitrogens with zero attached hydrogens (tertiary/aromatic N) is 7. The summed E-state index contributed by atoms with van der Waals surface area (Å²) in [6.07, 6.45) is 6.99. The van der Waals surface area contributed by atoms with E-state index < -0.39 is 6.17 Å². The number of ether oxygens (including phenoxy) is 1. The number of amides is 1. The molecular formula is C36H48ClFN8O2. The normalized spacial score (nSPS) is 28.1. The van der Waals surface area contributed by atoms with E-state index in [2.05, 4.69) is 46.0 Å². The van der Waals surface area contributed by atoms with Gasteiger partial charge in [-0.2, -0.15) is 9.97 Å². The van der Waals surface area contributed by atoms with Crippen LogP contribution < -0.4 is 15.4 Å². The number of hydrogen-bond acceptors (Lipinski definition) is 9. The molecule has 4 aliphatic heterocycles. The number of aromatic nitrogens is 2. The summed E-state index contributed by atoms with van der Waals surface area (Å²) in [5.74, 6) is 0.442. The van der Waals surface area contributed by atoms with Crippen LogP contribution in [0.3, 0.4) is 0 Å². The molecule has 5 heterocycles. The number of likely N-dealkylation sites (N-methyl/N-ethyl adjacent to an activating group) is 2. The van der Waals surface area contributed by atoms with Gasteiger partial charge in [-0.15, -0.1) is 0 Å². The highest BCUT2D eigenvalue weighted by atomic mass is 35.5. The Kier molecular flexibility index (Phi) is 9.14. The number of carbonyl (C=O) groups is 1. The number of nitrogens with two attached hydrogens (primary N) is 1. The largest absolute Gasteiger partial charge is 0.461 e. The van der Waals surface area contributed by atoms with Crippen molar-refractivity contribution >= 4 is 29.0 Å². The smallest absolute Gasteiger partial charge is 0.318 e. The van der Waals surface area contributed by atoms with Gasteiger partial charge < -0.3 is 20.3 Å². The summed E-state index contributed by atoms with van der Waals surface area (Å²) in [4.78, 5) is 36.2. The predicted molar refractivity (Wildman–Crippen MR) is 186 cm³/mol. The Labute approximate surface area is 288 Å². The maximum Gasteiger partial charge on any atom is 0.318 e. The van der Waals surface area contributed by atoms with Crippen molar-refractivity contribution in [2.45, 2.75) is 81.6 Å². The quantitative estimate of drug-likeness (QED) is 0.454. The van der Waals surface area contributed by atoms with Crippen LogP contribution in [-0.2, 0) is 29.7 Å². The molecule has 1 aliphatic carbocycles. The van der Waals surface area contributed by atoms with Crippen molar-refractivity contribution in [3.63, 3.8) is 0 Å². The molecule has 1 aromatic carbocycles. The summed E-state index contributed by atoms with van der Waals surface area (Å²) < 4.78 is 21.4. The first-order valence-corrected chi connectivity index (χ1v) is 17.8. The first-order valence-electron chi connectivity index (χ1n) is 17.5. The van der Waals surface area contributed by atoms with Crippen molar-refractivity contribution < 1.29 is 13.9 Å². The monoisotopic (exact) mass is 678 g/mol. The lowest BCUT2D eigenvalue weighted by Gasteiger charge is -2.49. The van der Waals surface area contributed by atoms with E-state index in [1.165, 1.54) is 16.0 Å². The van der Waals surface area contributed by atoms with Crippen molar-refractivity contribution in [2.75, 3.05) is 65.4 Å². The number of anilines is 1. The Hall–Kier alpha value is -3.28. The number of carbonyl (C=O) groups excluding carboxylic acids is 1. The molecule has 0 saturated carbocycles. The van der Waals surface area contributed by atoms with E-state index in [-0.39, 0.29) is 27.7 Å². The van der Waals surface area contributed by atoms with Crippen molar-refractivity contribution in [1.29, 1.82) is 0 Å². The molecule has 2 saturated heterocycles. The minimum atomic E-state index is -0.816. The van der Waals surface area contributed by atoms with Crippen LogP contribution in [0.4, 0.5) is 10.2 Å². The molecule has 5 aliphatic rings. The fraction of sp³-hybridized carbons (Fsp3) is 0.611. The van der Waals surface area contributed by atoms with Crippen LogP contribution in [0.2, 0.25) is 0 Å². The summed E-state index contributed by atoms with van der Waals surface area (Å²) in [7, 11) is 5.51. The van der Waals surface area contributed by atoms with E-state index in [9.17, 15) is 9.18 Å². The third-order valence-electron chi connectivity index (χ3n) is 11.4. The number of aryl methyl sites for hydroxylation is 1. The number of rotatable bonds is 6. The van der Waals surface area contributed by atoms with Crippen molar-refractivity contribution in [1.82, 2.24) is 24.7 Å². The zero-order valence-corrected chi connectivity index (χ0v) is 29.2. The lowest BCUT2D eigenvalue weighted by atomic mass is 9.71. The summed E-state index contributed by atoms with van der Waals surface area (Å²) in [5, 5.41) is 0.174. The van der Waals surface area contributed by atoms with Gasteiger partial charge in [0.1, 0.15) is 24.3 Å². The van der Waals surface area contributed by atoms with Crippen molar-refractivity contribution in [2.24, 2.45) is 10.7 Å². The molecule has 3 atom stereocenters. The number of halogens is 2. The number of hydrogen-bond donors (Lipinski definition) is 1. The van der Waals surface area contributed by atoms with Gasteiger partial charge in [0.2, 0.25) is 0 Å². The van der Waals surface area contributed by atoms with Crippen LogP contribution in [0.15, 0.2) is 40.0 Å². The number of piperidine rings is 1. The summed E-state index contributed by atoms with van der Waals surface area (Å²) in [6.45, 7) is 4.38. The SMILES string of the molecule is CN(C)C(=O)/C(N)=C(\Cl)C1=NCCCN(c2nc(OC[C@@]34CCCN3CC[C@H](F)C4)nc3c2CN(C)[C@]2(CCCc4ccccc42)C3)C1. The molecular weight excluding hydrogens is 631 g/mol. The van der Waals surface area contributed by atoms with Crippen molar-refractivity contribution in [3.05, 3.63) is 57.4 Å². The number of alkyl halides is 1. The molecule has 0 radical (unpaired) electrons. The average Bonchev–Trinajstić information content (AvgIpc) is 3.34. The van der Waals surface area contributed by atoms with Gasteiger partial charge in [-0.1, -0.05) is 35.9 Å². The third kappa shape index (κ3) is 5.96. The first-order chi connectivity index (χ1) is 23.1. The highest BCUT2D eigenvalue weighted by molar-refractivity contribution is 6.45. The molecule has 10 nitrogen and oxygen atoms in total. The van der Waals surface area contributed by atoms with Gasteiger partial charge in [-0.3, -0.25) is 19.6 Å². The molecule has 1 aromatic heterocycles. The zero-order chi connectivity index (χ0) is 33.6. The van der Waals surface area contributed by atoms with E-state index in [0.717, 1.165) is 75.1 Å². The molecule has 0 bridgehead atoms. The van der Waals surface area contributed by atoms with Crippen LogP contribution in [0.25, 0.3) is 0 Å². The molecule has 2 aromatic rings. The standard InChI is InChI=1S/C36H48ClFN8O2/c1-43(2)33(47)31(39)30(37)29-22-45(16-8-15-40-29)32-26-21-44(3)36(14-6-10-24-9-4-5-11-27(24)36)20-28(26)41-34(42-32)48-23-35-13-7-17-46(35)18-12-25(38)19-35/h4-5,9,11,25H,6-8,10,12-23,39H2,1-3H3/b31-30+/t25-,35-,36+/m0/s1. The Balaban J connectivity index is 1.27. The lowest BCUT2D eigenvalue weighted by molar-refractivity contribution is -0.124. The molecule has 48 heavy (non-hydrogen) atoms. The fourth-order valence-corrected chi connectivity index (χ4v) is 9.01. The molecule has 2 N–H and O–H groups in total. The summed E-state index contributed by atoms with van der Waals surface area (Å²) in [6, 6.07) is 9.16. The van der Waals surface area contributed by atoms with Crippen LogP contribution in [0.5, 0.6) is 6.01 Å². The molecule has 12 heteroatoms. The third-order valence-corrected chi connectivity index (χ3v) is 11.8. The lowest BCUT2D eigenvalue weighted by Crippen LogP contribution is -2.54. The number of aliphatic imine (C=N–C) groups is 1. The minimum absolute atomic E-state index is 0.0207. The fourth-order valence-electron chi connectivity index (χ4n) is 8.81. The Morgan fingerprint density at radius 1 is 1.12 bits per heavy atom. The van der Waals surface area contributed by atoms with Gasteiger partial charge in [0.25, 0.3) is 5.91 Å². The average molecular weight is 679 g/mol. The second-order valence-electron chi connectivity index (χ2n) is 14.6. The molecule has 2 fully saturated rings. The van der Waals surface area contributed by atoms with Crippen LogP contribution in [0.1, 0.15) is 67.3 Å². The maximum atomic E-state index is 14.8. The van der Waals surface area contributed by atoms with Gasteiger partial charge in [-0.25, -0.2) is 4.39 Å². The van der Waals surface area contributed by atoms with E-state index in [1.807, 2.05) is 0 Å². The molecule has 258 valence electrons. The highest BCUT2D eigenvalue weighted by Gasteiger charge is 2.48. The Morgan fingerprint density at radius 2 is 1.96 bits per heavy atom. The Morgan fingerprint density at radius 3 is 2.79 bits per heavy atom.